The predicted octanol–water partition coefficient (Wildman–Crippen LogP) is 4.75. The zero-order valence-electron chi connectivity index (χ0n) is 16.5. The Balaban J connectivity index is 2.67. The zero-order valence-corrected chi connectivity index (χ0v) is 16.5. The number of terminal acetylenes is 1. The molecule has 0 aliphatic heterocycles. The normalized spacial score (nSPS) is 13.4. The van der Waals surface area contributed by atoms with E-state index in [9.17, 15) is 5.11 Å². The molecule has 138 valence electrons. The van der Waals surface area contributed by atoms with Crippen LogP contribution in [0.4, 0.5) is 0 Å². The summed E-state index contributed by atoms with van der Waals surface area (Å²) in [5, 5.41) is 11.5. The fourth-order valence-corrected chi connectivity index (χ4v) is 3.15. The van der Waals surface area contributed by atoms with Crippen molar-refractivity contribution >= 4 is 0 Å². The number of aliphatic hydroxyl groups is 1. The SMILES string of the molecule is C#CC(O)(c1cc(OC(C)C)cc(OC(C)C)c1)c1c(C)cccc1C. The third kappa shape index (κ3) is 4.20. The number of rotatable bonds is 6. The number of aryl methyl sites for hydroxylation is 2. The first kappa shape index (κ1) is 19.9. The molecule has 0 saturated heterocycles. The van der Waals surface area contributed by atoms with Crippen molar-refractivity contribution in [3.8, 4) is 23.8 Å². The van der Waals surface area contributed by atoms with Crippen LogP contribution in [0.1, 0.15) is 49.9 Å². The molecule has 3 heteroatoms. The van der Waals surface area contributed by atoms with Crippen LogP contribution in [0.2, 0.25) is 0 Å². The lowest BCUT2D eigenvalue weighted by molar-refractivity contribution is 0.142. The summed E-state index contributed by atoms with van der Waals surface area (Å²) in [5.74, 6) is 3.84. The van der Waals surface area contributed by atoms with Crippen LogP contribution < -0.4 is 9.47 Å². The minimum absolute atomic E-state index is 0.00345. The molecule has 0 saturated carbocycles. The molecule has 0 fully saturated rings. The monoisotopic (exact) mass is 352 g/mol. The van der Waals surface area contributed by atoms with Gasteiger partial charge in [0, 0.05) is 17.2 Å². The quantitative estimate of drug-likeness (QED) is 0.763. The summed E-state index contributed by atoms with van der Waals surface area (Å²) in [6, 6.07) is 11.3. The average Bonchev–Trinajstić information content (AvgIpc) is 2.52. The summed E-state index contributed by atoms with van der Waals surface area (Å²) in [7, 11) is 0. The number of benzene rings is 2. The van der Waals surface area contributed by atoms with E-state index in [2.05, 4.69) is 5.92 Å². The fraction of sp³-hybridized carbons (Fsp3) is 0.391. The van der Waals surface area contributed by atoms with Crippen molar-refractivity contribution in [1.29, 1.82) is 0 Å². The Hall–Kier alpha value is -2.44. The summed E-state index contributed by atoms with van der Waals surface area (Å²) < 4.78 is 11.7. The zero-order chi connectivity index (χ0) is 19.5. The van der Waals surface area contributed by atoms with E-state index >= 15 is 0 Å². The first-order chi connectivity index (χ1) is 12.2. The van der Waals surface area contributed by atoms with E-state index in [0.717, 1.165) is 16.7 Å². The maximum atomic E-state index is 11.5. The summed E-state index contributed by atoms with van der Waals surface area (Å²) in [6.07, 6.45) is 5.82. The summed E-state index contributed by atoms with van der Waals surface area (Å²) in [4.78, 5) is 0. The Morgan fingerprint density at radius 2 is 1.38 bits per heavy atom. The van der Waals surface area contributed by atoms with Crippen molar-refractivity contribution in [2.45, 2.75) is 59.4 Å². The van der Waals surface area contributed by atoms with Crippen LogP contribution >= 0.6 is 0 Å². The van der Waals surface area contributed by atoms with Crippen LogP contribution in [0.15, 0.2) is 36.4 Å². The molecular formula is C23H28O3. The molecule has 1 N–H and O–H groups in total. The summed E-state index contributed by atoms with van der Waals surface area (Å²) in [6.45, 7) is 11.7. The molecule has 1 atom stereocenters. The predicted molar refractivity (Wildman–Crippen MR) is 106 cm³/mol. The first-order valence-electron chi connectivity index (χ1n) is 8.93. The second kappa shape index (κ2) is 7.85. The van der Waals surface area contributed by atoms with Gasteiger partial charge in [0.25, 0.3) is 0 Å². The molecular weight excluding hydrogens is 324 g/mol. The van der Waals surface area contributed by atoms with Crippen LogP contribution in [0.25, 0.3) is 0 Å². The molecule has 0 heterocycles. The van der Waals surface area contributed by atoms with E-state index in [4.69, 9.17) is 15.9 Å². The van der Waals surface area contributed by atoms with Crippen LogP contribution in [-0.2, 0) is 5.60 Å². The van der Waals surface area contributed by atoms with Gasteiger partial charge in [0.05, 0.1) is 12.2 Å². The molecule has 0 aliphatic rings. The van der Waals surface area contributed by atoms with Crippen molar-refractivity contribution < 1.29 is 14.6 Å². The van der Waals surface area contributed by atoms with Crippen molar-refractivity contribution in [3.63, 3.8) is 0 Å². The molecule has 2 aromatic carbocycles. The Morgan fingerprint density at radius 1 is 0.923 bits per heavy atom. The molecule has 26 heavy (non-hydrogen) atoms. The smallest absolute Gasteiger partial charge is 0.177 e. The van der Waals surface area contributed by atoms with Gasteiger partial charge in [-0.3, -0.25) is 0 Å². The van der Waals surface area contributed by atoms with Crippen molar-refractivity contribution in [2.75, 3.05) is 0 Å². The van der Waals surface area contributed by atoms with Gasteiger partial charge in [-0.25, -0.2) is 0 Å². The van der Waals surface area contributed by atoms with Crippen LogP contribution in [0, 0.1) is 26.2 Å². The highest BCUT2D eigenvalue weighted by Gasteiger charge is 2.33. The minimum Gasteiger partial charge on any atom is -0.491 e. The molecule has 0 aliphatic carbocycles. The maximum Gasteiger partial charge on any atom is 0.177 e. The molecule has 0 aromatic heterocycles. The lowest BCUT2D eigenvalue weighted by Gasteiger charge is -2.28. The van der Waals surface area contributed by atoms with Gasteiger partial charge >= 0.3 is 0 Å². The lowest BCUT2D eigenvalue weighted by Crippen LogP contribution is -2.27. The highest BCUT2D eigenvalue weighted by molar-refractivity contribution is 5.53. The molecule has 3 nitrogen and oxygen atoms in total. The second-order valence-electron chi connectivity index (χ2n) is 7.15. The summed E-state index contributed by atoms with van der Waals surface area (Å²) in [5.41, 5.74) is 1.59. The first-order valence-corrected chi connectivity index (χ1v) is 8.93. The molecule has 0 spiro atoms. The fourth-order valence-electron chi connectivity index (χ4n) is 3.15. The summed E-state index contributed by atoms with van der Waals surface area (Å²) >= 11 is 0. The van der Waals surface area contributed by atoms with Gasteiger partial charge in [-0.15, -0.1) is 6.42 Å². The number of hydrogen-bond acceptors (Lipinski definition) is 3. The van der Waals surface area contributed by atoms with Gasteiger partial charge in [0.1, 0.15) is 11.5 Å². The Labute approximate surface area is 157 Å². The number of hydrogen-bond donors (Lipinski definition) is 1. The Bertz CT molecular complexity index is 766. The van der Waals surface area contributed by atoms with Crippen molar-refractivity contribution in [1.82, 2.24) is 0 Å². The molecule has 2 aromatic rings. The van der Waals surface area contributed by atoms with Gasteiger partial charge in [0.2, 0.25) is 0 Å². The third-order valence-electron chi connectivity index (χ3n) is 4.09. The molecule has 0 bridgehead atoms. The van der Waals surface area contributed by atoms with Gasteiger partial charge < -0.3 is 14.6 Å². The van der Waals surface area contributed by atoms with Gasteiger partial charge in [-0.2, -0.15) is 0 Å². The van der Waals surface area contributed by atoms with Crippen molar-refractivity contribution in [3.05, 3.63) is 58.7 Å². The largest absolute Gasteiger partial charge is 0.491 e. The topological polar surface area (TPSA) is 38.7 Å². The van der Waals surface area contributed by atoms with Gasteiger partial charge in [-0.1, -0.05) is 24.1 Å². The van der Waals surface area contributed by atoms with Crippen LogP contribution in [0.5, 0.6) is 11.5 Å². The molecule has 1 unspecified atom stereocenters. The van der Waals surface area contributed by atoms with Crippen LogP contribution in [0.3, 0.4) is 0 Å². The van der Waals surface area contributed by atoms with Crippen molar-refractivity contribution in [2.24, 2.45) is 0 Å². The maximum absolute atomic E-state index is 11.5. The third-order valence-corrected chi connectivity index (χ3v) is 4.09. The van der Waals surface area contributed by atoms with E-state index < -0.39 is 5.60 Å². The minimum atomic E-state index is -1.57. The highest BCUT2D eigenvalue weighted by atomic mass is 16.5. The Morgan fingerprint density at radius 3 is 1.77 bits per heavy atom. The lowest BCUT2D eigenvalue weighted by atomic mass is 9.82. The highest BCUT2D eigenvalue weighted by Crippen LogP contribution is 2.37. The van der Waals surface area contributed by atoms with Gasteiger partial charge in [0.15, 0.2) is 5.60 Å². The molecule has 2 rings (SSSR count). The average molecular weight is 352 g/mol. The Kier molecular flexibility index (Phi) is 6.00. The van der Waals surface area contributed by atoms with Gasteiger partial charge in [-0.05, 0) is 64.8 Å². The van der Waals surface area contributed by atoms with E-state index in [1.165, 1.54) is 0 Å². The van der Waals surface area contributed by atoms with E-state index in [0.29, 0.717) is 17.1 Å². The van der Waals surface area contributed by atoms with E-state index in [-0.39, 0.29) is 12.2 Å². The van der Waals surface area contributed by atoms with Crippen LogP contribution in [-0.4, -0.2) is 17.3 Å². The second-order valence-corrected chi connectivity index (χ2v) is 7.15. The molecule has 0 amide bonds. The standard InChI is InChI=1S/C23H28O3/c1-8-23(24,22-17(6)10-9-11-18(22)7)19-12-20(25-15(2)3)14-21(13-19)26-16(4)5/h1,9-16,24H,2-7H3. The van der Waals surface area contributed by atoms with E-state index in [1.54, 1.807) is 12.1 Å². The molecule has 0 radical (unpaired) electrons. The number of ether oxygens (including phenoxy) is 2. The van der Waals surface area contributed by atoms with E-state index in [1.807, 2.05) is 65.8 Å².